The Morgan fingerprint density at radius 1 is 1.35 bits per heavy atom. The highest BCUT2D eigenvalue weighted by Crippen LogP contribution is 2.58. The van der Waals surface area contributed by atoms with E-state index in [1.54, 1.807) is 13.8 Å². The van der Waals surface area contributed by atoms with Crippen molar-refractivity contribution in [3.63, 3.8) is 0 Å². The molecule has 120 valence electrons. The van der Waals surface area contributed by atoms with Crippen LogP contribution in [0.25, 0.3) is 5.69 Å². The molecule has 8 nitrogen and oxygen atoms in total. The quantitative estimate of drug-likeness (QED) is 0.873. The fourth-order valence-corrected chi connectivity index (χ4v) is 2.83. The zero-order chi connectivity index (χ0) is 16.8. The Kier molecular flexibility index (Phi) is 3.35. The summed E-state index contributed by atoms with van der Waals surface area (Å²) in [5.41, 5.74) is -0.230. The molecular weight excluding hydrogens is 305 g/mol. The number of rotatable bonds is 4. The topological polar surface area (TPSA) is 110 Å². The zero-order valence-corrected chi connectivity index (χ0v) is 12.4. The molecule has 0 radical (unpaired) electrons. The molecule has 1 saturated carbocycles. The predicted molar refractivity (Wildman–Crippen MR) is 76.1 cm³/mol. The van der Waals surface area contributed by atoms with Gasteiger partial charge < -0.3 is 10.4 Å². The standard InChI is InChI=1S/C14H14FN5O3/c1-14(2)10(11(14)13(22)23)12(21)17-9-5-7(3-4-8(9)15)20-6-16-18-19-20/h3-6,10-11H,1-2H3,(H,17,21)(H,22,23)/t10-,11+/m1/s1. The maximum absolute atomic E-state index is 13.9. The lowest BCUT2D eigenvalue weighted by Gasteiger charge is -2.09. The highest BCUT2D eigenvalue weighted by atomic mass is 19.1. The van der Waals surface area contributed by atoms with Crippen molar-refractivity contribution in [3.05, 3.63) is 30.3 Å². The summed E-state index contributed by atoms with van der Waals surface area (Å²) in [6, 6.07) is 4.02. The molecule has 1 aliphatic carbocycles. The molecule has 0 aliphatic heterocycles. The van der Waals surface area contributed by atoms with Gasteiger partial charge in [0, 0.05) is 0 Å². The van der Waals surface area contributed by atoms with Gasteiger partial charge in [0.15, 0.2) is 0 Å². The Balaban J connectivity index is 1.82. The summed E-state index contributed by atoms with van der Waals surface area (Å²) in [6.07, 6.45) is 1.34. The largest absolute Gasteiger partial charge is 0.481 e. The van der Waals surface area contributed by atoms with Crippen LogP contribution in [0.2, 0.25) is 0 Å². The third-order valence-electron chi connectivity index (χ3n) is 4.20. The summed E-state index contributed by atoms with van der Waals surface area (Å²) < 4.78 is 15.2. The number of benzene rings is 1. The molecule has 9 heteroatoms. The van der Waals surface area contributed by atoms with Gasteiger partial charge >= 0.3 is 5.97 Å². The first-order valence-corrected chi connectivity index (χ1v) is 6.89. The number of carbonyl (C=O) groups is 2. The molecule has 3 rings (SSSR count). The van der Waals surface area contributed by atoms with E-state index in [-0.39, 0.29) is 5.69 Å². The van der Waals surface area contributed by atoms with Crippen molar-refractivity contribution >= 4 is 17.6 Å². The molecule has 1 aromatic carbocycles. The molecule has 2 aromatic rings. The summed E-state index contributed by atoms with van der Waals surface area (Å²) in [5.74, 6) is -3.64. The zero-order valence-electron chi connectivity index (χ0n) is 12.4. The van der Waals surface area contributed by atoms with Gasteiger partial charge in [0.05, 0.1) is 23.2 Å². The van der Waals surface area contributed by atoms with Gasteiger partial charge in [-0.15, -0.1) is 5.10 Å². The molecule has 1 aromatic heterocycles. The minimum atomic E-state index is -1.03. The number of nitrogens with one attached hydrogen (secondary N) is 1. The molecular formula is C14H14FN5O3. The Hall–Kier alpha value is -2.84. The highest BCUT2D eigenvalue weighted by Gasteiger charge is 2.65. The summed E-state index contributed by atoms with van der Waals surface area (Å²) in [6.45, 7) is 3.40. The molecule has 2 atom stereocenters. The lowest BCUT2D eigenvalue weighted by atomic mass is 10.1. The maximum atomic E-state index is 13.9. The number of carboxylic acids is 1. The fourth-order valence-electron chi connectivity index (χ4n) is 2.83. The third kappa shape index (κ3) is 2.54. The first-order chi connectivity index (χ1) is 10.8. The van der Waals surface area contributed by atoms with E-state index in [4.69, 9.17) is 5.11 Å². The molecule has 1 fully saturated rings. The highest BCUT2D eigenvalue weighted by molar-refractivity contribution is 5.99. The molecule has 1 amide bonds. The monoisotopic (exact) mass is 319 g/mol. The van der Waals surface area contributed by atoms with Gasteiger partial charge in [0.2, 0.25) is 5.91 Å². The van der Waals surface area contributed by atoms with Crippen LogP contribution in [0.1, 0.15) is 13.8 Å². The summed E-state index contributed by atoms with van der Waals surface area (Å²) in [7, 11) is 0. The van der Waals surface area contributed by atoms with Gasteiger partial charge in [-0.2, -0.15) is 0 Å². The number of carbonyl (C=O) groups excluding carboxylic acids is 1. The minimum absolute atomic E-state index is 0.0464. The maximum Gasteiger partial charge on any atom is 0.307 e. The van der Waals surface area contributed by atoms with Crippen LogP contribution >= 0.6 is 0 Å². The minimum Gasteiger partial charge on any atom is -0.481 e. The number of hydrogen-bond donors (Lipinski definition) is 2. The van der Waals surface area contributed by atoms with E-state index in [0.29, 0.717) is 5.69 Å². The van der Waals surface area contributed by atoms with Crippen LogP contribution in [0.15, 0.2) is 24.5 Å². The smallest absolute Gasteiger partial charge is 0.307 e. The normalized spacial score (nSPS) is 21.7. The molecule has 2 N–H and O–H groups in total. The average molecular weight is 319 g/mol. The number of aliphatic carboxylic acids is 1. The van der Waals surface area contributed by atoms with Crippen LogP contribution in [-0.2, 0) is 9.59 Å². The van der Waals surface area contributed by atoms with Crippen LogP contribution in [-0.4, -0.2) is 37.2 Å². The van der Waals surface area contributed by atoms with Crippen molar-refractivity contribution in [1.82, 2.24) is 20.2 Å². The molecule has 1 heterocycles. The lowest BCUT2D eigenvalue weighted by Crippen LogP contribution is -2.18. The van der Waals surface area contributed by atoms with Crippen LogP contribution in [0.4, 0.5) is 10.1 Å². The van der Waals surface area contributed by atoms with Crippen molar-refractivity contribution in [3.8, 4) is 5.69 Å². The van der Waals surface area contributed by atoms with Gasteiger partial charge in [0.1, 0.15) is 12.1 Å². The predicted octanol–water partition coefficient (Wildman–Crippen LogP) is 1.10. The SMILES string of the molecule is CC1(C)[C@H](C(=O)O)[C@@H]1C(=O)Nc1cc(-n2cnnn2)ccc1F. The van der Waals surface area contributed by atoms with Gasteiger partial charge in [-0.25, -0.2) is 9.07 Å². The molecule has 23 heavy (non-hydrogen) atoms. The second-order valence-electron chi connectivity index (χ2n) is 6.02. The number of nitrogens with zero attached hydrogens (tertiary/aromatic N) is 4. The van der Waals surface area contributed by atoms with Crippen molar-refractivity contribution in [2.75, 3.05) is 5.32 Å². The van der Waals surface area contributed by atoms with Crippen LogP contribution in [0.5, 0.6) is 0 Å². The number of aromatic nitrogens is 4. The Morgan fingerprint density at radius 3 is 2.65 bits per heavy atom. The number of tetrazole rings is 1. The number of amides is 1. The second kappa shape index (κ2) is 5.11. The number of carboxylic acid groups (broad SMARTS) is 1. The number of halogens is 1. The summed E-state index contributed by atoms with van der Waals surface area (Å²) >= 11 is 0. The summed E-state index contributed by atoms with van der Waals surface area (Å²) in [4.78, 5) is 23.4. The van der Waals surface area contributed by atoms with Gasteiger partial charge in [-0.05, 0) is 34.0 Å². The van der Waals surface area contributed by atoms with E-state index >= 15 is 0 Å². The van der Waals surface area contributed by atoms with E-state index < -0.39 is 34.9 Å². The Labute approximate surface area is 130 Å². The van der Waals surface area contributed by atoms with Crippen molar-refractivity contribution in [2.45, 2.75) is 13.8 Å². The van der Waals surface area contributed by atoms with Crippen molar-refractivity contribution in [2.24, 2.45) is 17.3 Å². The molecule has 0 spiro atoms. The third-order valence-corrected chi connectivity index (χ3v) is 4.20. The molecule has 0 bridgehead atoms. The van der Waals surface area contributed by atoms with Gasteiger partial charge in [-0.1, -0.05) is 13.8 Å². The number of anilines is 1. The van der Waals surface area contributed by atoms with Gasteiger partial charge in [0.25, 0.3) is 0 Å². The summed E-state index contributed by atoms with van der Waals surface area (Å²) in [5, 5.41) is 22.2. The van der Waals surface area contributed by atoms with Crippen LogP contribution in [0, 0.1) is 23.1 Å². The van der Waals surface area contributed by atoms with E-state index in [1.165, 1.54) is 29.2 Å². The molecule has 1 aliphatic rings. The van der Waals surface area contributed by atoms with Crippen molar-refractivity contribution in [1.29, 1.82) is 0 Å². The molecule has 0 unspecified atom stereocenters. The Bertz CT molecular complexity index is 775. The fraction of sp³-hybridized carbons (Fsp3) is 0.357. The Morgan fingerprint density at radius 2 is 2.09 bits per heavy atom. The number of hydrogen-bond acceptors (Lipinski definition) is 5. The van der Waals surface area contributed by atoms with Crippen LogP contribution in [0.3, 0.4) is 0 Å². The van der Waals surface area contributed by atoms with Gasteiger partial charge in [-0.3, -0.25) is 9.59 Å². The lowest BCUT2D eigenvalue weighted by molar-refractivity contribution is -0.140. The van der Waals surface area contributed by atoms with E-state index in [2.05, 4.69) is 20.8 Å². The molecule has 0 saturated heterocycles. The van der Waals surface area contributed by atoms with Crippen molar-refractivity contribution < 1.29 is 19.1 Å². The average Bonchev–Trinajstić information content (AvgIpc) is 2.86. The van der Waals surface area contributed by atoms with E-state index in [0.717, 1.165) is 0 Å². The van der Waals surface area contributed by atoms with E-state index in [9.17, 15) is 14.0 Å². The second-order valence-corrected chi connectivity index (χ2v) is 6.02. The van der Waals surface area contributed by atoms with E-state index in [1.807, 2.05) is 0 Å². The van der Waals surface area contributed by atoms with Crippen LogP contribution < -0.4 is 5.32 Å². The first kappa shape index (κ1) is 15.1. The first-order valence-electron chi connectivity index (χ1n) is 6.89.